The van der Waals surface area contributed by atoms with E-state index in [2.05, 4.69) is 12.2 Å². The molecule has 0 radical (unpaired) electrons. The Balaban J connectivity index is 1.48. The summed E-state index contributed by atoms with van der Waals surface area (Å²) >= 11 is 1.35. The lowest BCUT2D eigenvalue weighted by molar-refractivity contribution is -0.149. The van der Waals surface area contributed by atoms with Crippen molar-refractivity contribution in [1.82, 2.24) is 0 Å². The van der Waals surface area contributed by atoms with Gasteiger partial charge in [-0.15, -0.1) is 11.3 Å². The molecule has 1 aliphatic carbocycles. The van der Waals surface area contributed by atoms with Gasteiger partial charge >= 0.3 is 5.97 Å². The van der Waals surface area contributed by atoms with Gasteiger partial charge < -0.3 is 20.5 Å². The number of carbonyl (C=O) groups is 3. The van der Waals surface area contributed by atoms with Crippen molar-refractivity contribution < 1.29 is 23.9 Å². The van der Waals surface area contributed by atoms with Crippen molar-refractivity contribution in [1.29, 1.82) is 0 Å². The second-order valence-corrected chi connectivity index (χ2v) is 7.53. The highest BCUT2D eigenvalue weighted by Gasteiger charge is 2.26. The molecule has 0 unspecified atom stereocenters. The molecule has 7 nitrogen and oxygen atoms in total. The van der Waals surface area contributed by atoms with Crippen LogP contribution in [-0.4, -0.2) is 31.0 Å². The number of hydrogen-bond acceptors (Lipinski definition) is 6. The van der Waals surface area contributed by atoms with Crippen LogP contribution < -0.4 is 15.8 Å². The number of ether oxygens (including phenoxy) is 2. The van der Waals surface area contributed by atoms with E-state index in [1.54, 1.807) is 12.1 Å². The number of esters is 1. The van der Waals surface area contributed by atoms with Crippen LogP contribution in [0.5, 0.6) is 5.75 Å². The number of carbonyl (C=O) groups excluding carboxylic acids is 3. The Morgan fingerprint density at radius 3 is 2.57 bits per heavy atom. The van der Waals surface area contributed by atoms with E-state index in [0.29, 0.717) is 16.3 Å². The third-order valence-electron chi connectivity index (χ3n) is 4.47. The lowest BCUT2D eigenvalue weighted by Gasteiger charge is -2.08. The van der Waals surface area contributed by atoms with Crippen LogP contribution in [0.15, 0.2) is 24.3 Å². The smallest absolute Gasteiger partial charge is 0.344 e. The van der Waals surface area contributed by atoms with Crippen molar-refractivity contribution in [3.05, 3.63) is 45.8 Å². The van der Waals surface area contributed by atoms with Gasteiger partial charge in [-0.05, 0) is 48.9 Å². The quantitative estimate of drug-likeness (QED) is 0.660. The number of amides is 2. The third-order valence-corrected chi connectivity index (χ3v) is 5.68. The number of nitrogens with two attached hydrogens (primary N) is 1. The Morgan fingerprint density at radius 1 is 1.14 bits per heavy atom. The number of hydrogen-bond donors (Lipinski definition) is 2. The first kappa shape index (κ1) is 19.9. The Bertz CT molecular complexity index is 889. The standard InChI is InChI=1S/C20H22N2O5S/c1-2-12-6-8-13(9-7-12)26-11-17(24)27-10-16(23)22-20-18(19(21)25)14-4-3-5-15(14)28-20/h6-9H,2-5,10-11H2,1H3,(H2,21,25)(H,22,23). The molecule has 0 saturated heterocycles. The summed E-state index contributed by atoms with van der Waals surface area (Å²) in [4.78, 5) is 36.7. The van der Waals surface area contributed by atoms with Crippen molar-refractivity contribution in [3.63, 3.8) is 0 Å². The number of nitrogens with one attached hydrogen (secondary N) is 1. The first-order valence-corrected chi connectivity index (χ1v) is 9.91. The van der Waals surface area contributed by atoms with Crippen molar-refractivity contribution in [2.24, 2.45) is 5.73 Å². The molecule has 1 heterocycles. The molecule has 1 aliphatic rings. The zero-order chi connectivity index (χ0) is 20.1. The number of anilines is 1. The van der Waals surface area contributed by atoms with E-state index in [1.807, 2.05) is 12.1 Å². The topological polar surface area (TPSA) is 108 Å². The number of primary amides is 1. The number of thiophene rings is 1. The first-order valence-electron chi connectivity index (χ1n) is 9.09. The minimum Gasteiger partial charge on any atom is -0.482 e. The van der Waals surface area contributed by atoms with Crippen LogP contribution in [0.2, 0.25) is 0 Å². The van der Waals surface area contributed by atoms with Crippen LogP contribution >= 0.6 is 11.3 Å². The zero-order valence-corrected chi connectivity index (χ0v) is 16.4. The highest BCUT2D eigenvalue weighted by Crippen LogP contribution is 2.38. The van der Waals surface area contributed by atoms with Gasteiger partial charge in [-0.2, -0.15) is 0 Å². The Labute approximate surface area is 166 Å². The molecule has 0 saturated carbocycles. The lowest BCUT2D eigenvalue weighted by Crippen LogP contribution is -2.24. The van der Waals surface area contributed by atoms with Gasteiger partial charge in [0, 0.05) is 4.88 Å². The molecule has 0 aliphatic heterocycles. The largest absolute Gasteiger partial charge is 0.482 e. The molecule has 0 fully saturated rings. The summed E-state index contributed by atoms with van der Waals surface area (Å²) < 4.78 is 10.3. The summed E-state index contributed by atoms with van der Waals surface area (Å²) in [5, 5.41) is 3.05. The van der Waals surface area contributed by atoms with E-state index in [1.165, 1.54) is 16.9 Å². The molecule has 1 aromatic carbocycles. The average Bonchev–Trinajstić information content (AvgIpc) is 3.25. The van der Waals surface area contributed by atoms with E-state index < -0.39 is 24.4 Å². The molecule has 0 atom stereocenters. The van der Waals surface area contributed by atoms with Gasteiger partial charge in [0.2, 0.25) is 0 Å². The molecule has 0 bridgehead atoms. The lowest BCUT2D eigenvalue weighted by atomic mass is 10.1. The van der Waals surface area contributed by atoms with Crippen LogP contribution in [0.25, 0.3) is 0 Å². The molecular formula is C20H22N2O5S. The maximum absolute atomic E-state index is 12.1. The predicted octanol–water partition coefficient (Wildman–Crippen LogP) is 2.46. The van der Waals surface area contributed by atoms with Gasteiger partial charge in [0.25, 0.3) is 11.8 Å². The minimum absolute atomic E-state index is 0.293. The van der Waals surface area contributed by atoms with Crippen molar-refractivity contribution in [3.8, 4) is 5.75 Å². The molecule has 3 N–H and O–H groups in total. The fourth-order valence-electron chi connectivity index (χ4n) is 3.07. The van der Waals surface area contributed by atoms with Gasteiger partial charge in [-0.25, -0.2) is 4.79 Å². The molecular weight excluding hydrogens is 380 g/mol. The van der Waals surface area contributed by atoms with Crippen molar-refractivity contribution in [2.45, 2.75) is 32.6 Å². The second-order valence-electron chi connectivity index (χ2n) is 6.42. The summed E-state index contributed by atoms with van der Waals surface area (Å²) in [5.41, 5.74) is 7.92. The third kappa shape index (κ3) is 4.69. The number of fused-ring (bicyclic) bond motifs is 1. The van der Waals surface area contributed by atoms with Crippen molar-refractivity contribution in [2.75, 3.05) is 18.5 Å². The fraction of sp³-hybridized carbons (Fsp3) is 0.350. The van der Waals surface area contributed by atoms with Crippen LogP contribution in [-0.2, 0) is 33.6 Å². The summed E-state index contributed by atoms with van der Waals surface area (Å²) in [7, 11) is 0. The Hall–Kier alpha value is -2.87. The molecule has 28 heavy (non-hydrogen) atoms. The van der Waals surface area contributed by atoms with Gasteiger partial charge in [-0.1, -0.05) is 19.1 Å². The second kappa shape index (κ2) is 8.88. The van der Waals surface area contributed by atoms with Gasteiger partial charge in [0.1, 0.15) is 10.8 Å². The van der Waals surface area contributed by atoms with Crippen LogP contribution in [0.3, 0.4) is 0 Å². The summed E-state index contributed by atoms with van der Waals surface area (Å²) in [6, 6.07) is 7.39. The average molecular weight is 402 g/mol. The maximum atomic E-state index is 12.1. The molecule has 2 amide bonds. The van der Waals surface area contributed by atoms with Crippen LogP contribution in [0.1, 0.15) is 39.7 Å². The number of aryl methyl sites for hydroxylation is 2. The van der Waals surface area contributed by atoms with E-state index >= 15 is 0 Å². The summed E-state index contributed by atoms with van der Waals surface area (Å²) in [6.45, 7) is 1.30. The molecule has 1 aromatic heterocycles. The van der Waals surface area contributed by atoms with Crippen LogP contribution in [0, 0.1) is 0 Å². The summed E-state index contributed by atoms with van der Waals surface area (Å²) in [6.07, 6.45) is 3.56. The fourth-order valence-corrected chi connectivity index (χ4v) is 4.38. The SMILES string of the molecule is CCc1ccc(OCC(=O)OCC(=O)Nc2sc3c(c2C(N)=O)CCC3)cc1. The minimum atomic E-state index is -0.654. The predicted molar refractivity (Wildman–Crippen MR) is 106 cm³/mol. The van der Waals surface area contributed by atoms with E-state index in [0.717, 1.165) is 36.1 Å². The monoisotopic (exact) mass is 402 g/mol. The molecule has 3 rings (SSSR count). The molecule has 0 spiro atoms. The first-order chi connectivity index (χ1) is 13.5. The maximum Gasteiger partial charge on any atom is 0.344 e. The number of benzene rings is 1. The van der Waals surface area contributed by atoms with Crippen molar-refractivity contribution >= 4 is 34.1 Å². The highest BCUT2D eigenvalue weighted by atomic mass is 32.1. The van der Waals surface area contributed by atoms with Crippen LogP contribution in [0.4, 0.5) is 5.00 Å². The summed E-state index contributed by atoms with van der Waals surface area (Å²) in [5.74, 6) is -1.19. The normalized spacial score (nSPS) is 12.3. The Morgan fingerprint density at radius 2 is 1.89 bits per heavy atom. The van der Waals surface area contributed by atoms with Gasteiger partial charge in [-0.3, -0.25) is 9.59 Å². The molecule has 2 aromatic rings. The van der Waals surface area contributed by atoms with E-state index in [4.69, 9.17) is 15.2 Å². The van der Waals surface area contributed by atoms with Gasteiger partial charge in [0.15, 0.2) is 13.2 Å². The molecule has 148 valence electrons. The molecule has 8 heteroatoms. The Kier molecular flexibility index (Phi) is 6.30. The number of rotatable bonds is 8. The van der Waals surface area contributed by atoms with E-state index in [9.17, 15) is 14.4 Å². The highest BCUT2D eigenvalue weighted by molar-refractivity contribution is 7.17. The van der Waals surface area contributed by atoms with E-state index in [-0.39, 0.29) is 6.61 Å². The zero-order valence-electron chi connectivity index (χ0n) is 15.6. The van der Waals surface area contributed by atoms with Gasteiger partial charge in [0.05, 0.1) is 5.56 Å².